The van der Waals surface area contributed by atoms with Gasteiger partial charge in [-0.05, 0) is 24.1 Å². The van der Waals surface area contributed by atoms with Gasteiger partial charge in [-0.1, -0.05) is 30.3 Å². The second-order valence-corrected chi connectivity index (χ2v) is 7.49. The number of sulfonamides is 1. The standard InChI is InChI=1S/C17H18F2N2O3S/c1-25(23,24)21(10-9-13-5-3-2-4-6-13)12-17(22)20-14-7-8-15(18)16(19)11-14/h2-8,11H,9-10,12H2,1H3,(H,20,22). The van der Waals surface area contributed by atoms with Crippen LogP contribution in [-0.2, 0) is 21.2 Å². The molecule has 0 aromatic heterocycles. The fraction of sp³-hybridized carbons (Fsp3) is 0.235. The number of nitrogens with zero attached hydrogens (tertiary/aromatic N) is 1. The molecule has 0 aliphatic heterocycles. The zero-order valence-corrected chi connectivity index (χ0v) is 14.4. The number of rotatable bonds is 7. The predicted molar refractivity (Wildman–Crippen MR) is 91.6 cm³/mol. The van der Waals surface area contributed by atoms with E-state index in [1.165, 1.54) is 6.07 Å². The van der Waals surface area contributed by atoms with Crippen LogP contribution < -0.4 is 5.32 Å². The van der Waals surface area contributed by atoms with Crippen LogP contribution >= 0.6 is 0 Å². The Balaban J connectivity index is 2.01. The van der Waals surface area contributed by atoms with E-state index in [1.54, 1.807) is 0 Å². The third-order valence-corrected chi connectivity index (χ3v) is 4.73. The predicted octanol–water partition coefficient (Wildman–Crippen LogP) is 2.41. The quantitative estimate of drug-likeness (QED) is 0.816. The number of hydrogen-bond acceptors (Lipinski definition) is 3. The van der Waals surface area contributed by atoms with Crippen molar-refractivity contribution in [3.05, 3.63) is 65.7 Å². The van der Waals surface area contributed by atoms with Crippen LogP contribution in [0.4, 0.5) is 14.5 Å². The van der Waals surface area contributed by atoms with Crippen LogP contribution in [0.15, 0.2) is 48.5 Å². The van der Waals surface area contributed by atoms with Gasteiger partial charge in [-0.15, -0.1) is 0 Å². The van der Waals surface area contributed by atoms with Gasteiger partial charge in [-0.2, -0.15) is 4.31 Å². The van der Waals surface area contributed by atoms with Gasteiger partial charge >= 0.3 is 0 Å². The topological polar surface area (TPSA) is 66.5 Å². The van der Waals surface area contributed by atoms with Gasteiger partial charge in [0.2, 0.25) is 15.9 Å². The van der Waals surface area contributed by atoms with Crippen LogP contribution in [0.2, 0.25) is 0 Å². The van der Waals surface area contributed by atoms with Crippen molar-refractivity contribution in [1.82, 2.24) is 4.31 Å². The lowest BCUT2D eigenvalue weighted by molar-refractivity contribution is -0.116. The molecule has 0 spiro atoms. The summed E-state index contributed by atoms with van der Waals surface area (Å²) in [6.45, 7) is -0.279. The number of anilines is 1. The van der Waals surface area contributed by atoms with Gasteiger partial charge in [0.05, 0.1) is 12.8 Å². The zero-order chi connectivity index (χ0) is 18.4. The number of carbonyl (C=O) groups is 1. The summed E-state index contributed by atoms with van der Waals surface area (Å²) in [7, 11) is -3.60. The first-order chi connectivity index (χ1) is 11.8. The van der Waals surface area contributed by atoms with Crippen molar-refractivity contribution in [3.63, 3.8) is 0 Å². The summed E-state index contributed by atoms with van der Waals surface area (Å²) in [5, 5.41) is 2.36. The van der Waals surface area contributed by atoms with Crippen molar-refractivity contribution in [3.8, 4) is 0 Å². The summed E-state index contributed by atoms with van der Waals surface area (Å²) >= 11 is 0. The fourth-order valence-electron chi connectivity index (χ4n) is 2.20. The molecule has 5 nitrogen and oxygen atoms in total. The Morgan fingerprint density at radius 1 is 1.08 bits per heavy atom. The third-order valence-electron chi connectivity index (χ3n) is 3.49. The average molecular weight is 368 g/mol. The minimum Gasteiger partial charge on any atom is -0.325 e. The van der Waals surface area contributed by atoms with Gasteiger partial charge in [-0.3, -0.25) is 4.79 Å². The molecule has 0 fully saturated rings. The number of halogens is 2. The summed E-state index contributed by atoms with van der Waals surface area (Å²) in [5.74, 6) is -2.76. The smallest absolute Gasteiger partial charge is 0.239 e. The molecule has 0 saturated carbocycles. The zero-order valence-electron chi connectivity index (χ0n) is 13.6. The monoisotopic (exact) mass is 368 g/mol. The van der Waals surface area contributed by atoms with Gasteiger partial charge < -0.3 is 5.32 Å². The molecule has 0 atom stereocenters. The first-order valence-corrected chi connectivity index (χ1v) is 9.34. The lowest BCUT2D eigenvalue weighted by Crippen LogP contribution is -2.38. The number of benzene rings is 2. The maximum Gasteiger partial charge on any atom is 0.239 e. The molecule has 25 heavy (non-hydrogen) atoms. The van der Waals surface area contributed by atoms with Crippen molar-refractivity contribution < 1.29 is 22.0 Å². The number of nitrogens with one attached hydrogen (secondary N) is 1. The maximum atomic E-state index is 13.2. The molecule has 0 heterocycles. The lowest BCUT2D eigenvalue weighted by atomic mass is 10.1. The molecule has 2 aromatic rings. The highest BCUT2D eigenvalue weighted by Gasteiger charge is 2.20. The van der Waals surface area contributed by atoms with Crippen LogP contribution in [0.1, 0.15) is 5.56 Å². The van der Waals surface area contributed by atoms with E-state index in [2.05, 4.69) is 5.32 Å². The fourth-order valence-corrected chi connectivity index (χ4v) is 2.97. The Kier molecular flexibility index (Phi) is 6.22. The van der Waals surface area contributed by atoms with E-state index < -0.39 is 34.1 Å². The molecule has 2 rings (SSSR count). The molecule has 0 saturated heterocycles. The second kappa shape index (κ2) is 8.17. The van der Waals surface area contributed by atoms with E-state index in [-0.39, 0.29) is 12.2 Å². The van der Waals surface area contributed by atoms with Crippen LogP contribution in [0.5, 0.6) is 0 Å². The normalized spacial score (nSPS) is 11.5. The van der Waals surface area contributed by atoms with Crippen molar-refractivity contribution in [1.29, 1.82) is 0 Å². The van der Waals surface area contributed by atoms with Crippen molar-refractivity contribution in [2.45, 2.75) is 6.42 Å². The van der Waals surface area contributed by atoms with E-state index in [4.69, 9.17) is 0 Å². The largest absolute Gasteiger partial charge is 0.325 e. The maximum absolute atomic E-state index is 13.2. The van der Waals surface area contributed by atoms with Crippen LogP contribution in [-0.4, -0.2) is 38.0 Å². The Labute approximate surface area is 145 Å². The summed E-state index contributed by atoms with van der Waals surface area (Å²) in [6, 6.07) is 12.2. The van der Waals surface area contributed by atoms with Crippen molar-refractivity contribution in [2.24, 2.45) is 0 Å². The molecule has 1 N–H and O–H groups in total. The molecule has 0 radical (unpaired) electrons. The minimum atomic E-state index is -3.60. The molecular weight excluding hydrogens is 350 g/mol. The molecule has 0 aliphatic carbocycles. The van der Waals surface area contributed by atoms with Crippen LogP contribution in [0, 0.1) is 11.6 Å². The summed E-state index contributed by atoms with van der Waals surface area (Å²) < 4.78 is 50.8. The molecule has 0 aliphatic rings. The Hall–Kier alpha value is -2.32. The van der Waals surface area contributed by atoms with Crippen molar-refractivity contribution in [2.75, 3.05) is 24.7 Å². The number of amides is 1. The highest BCUT2D eigenvalue weighted by atomic mass is 32.2. The average Bonchev–Trinajstić information content (AvgIpc) is 2.55. The highest BCUT2D eigenvalue weighted by molar-refractivity contribution is 7.88. The number of carbonyl (C=O) groups excluding carboxylic acids is 1. The van der Waals surface area contributed by atoms with Gasteiger partial charge in [0, 0.05) is 18.3 Å². The molecule has 0 unspecified atom stereocenters. The molecule has 8 heteroatoms. The second-order valence-electron chi connectivity index (χ2n) is 5.51. The molecule has 134 valence electrons. The Morgan fingerprint density at radius 2 is 1.76 bits per heavy atom. The van der Waals surface area contributed by atoms with Gasteiger partial charge in [0.15, 0.2) is 11.6 Å². The Morgan fingerprint density at radius 3 is 2.36 bits per heavy atom. The Bertz CT molecular complexity index is 842. The van der Waals surface area contributed by atoms with Gasteiger partial charge in [0.1, 0.15) is 0 Å². The van der Waals surface area contributed by atoms with Gasteiger partial charge in [-0.25, -0.2) is 17.2 Å². The minimum absolute atomic E-state index is 0.0559. The van der Waals surface area contributed by atoms with E-state index in [0.29, 0.717) is 6.42 Å². The SMILES string of the molecule is CS(=O)(=O)N(CCc1ccccc1)CC(=O)Nc1ccc(F)c(F)c1. The first kappa shape index (κ1) is 19.0. The highest BCUT2D eigenvalue weighted by Crippen LogP contribution is 2.13. The summed E-state index contributed by atoms with van der Waals surface area (Å²) in [4.78, 5) is 12.0. The van der Waals surface area contributed by atoms with Crippen LogP contribution in [0.3, 0.4) is 0 Å². The molecule has 0 bridgehead atoms. The summed E-state index contributed by atoms with van der Waals surface area (Å²) in [6.07, 6.45) is 1.47. The lowest BCUT2D eigenvalue weighted by Gasteiger charge is -2.19. The van der Waals surface area contributed by atoms with Gasteiger partial charge in [0.25, 0.3) is 0 Å². The third kappa shape index (κ3) is 5.91. The number of hydrogen-bond donors (Lipinski definition) is 1. The van der Waals surface area contributed by atoms with E-state index in [0.717, 1.165) is 28.3 Å². The van der Waals surface area contributed by atoms with E-state index in [9.17, 15) is 22.0 Å². The molecule has 1 amide bonds. The summed E-state index contributed by atoms with van der Waals surface area (Å²) in [5.41, 5.74) is 0.998. The first-order valence-electron chi connectivity index (χ1n) is 7.49. The molecule has 2 aromatic carbocycles. The van der Waals surface area contributed by atoms with Crippen LogP contribution in [0.25, 0.3) is 0 Å². The van der Waals surface area contributed by atoms with E-state index >= 15 is 0 Å². The van der Waals surface area contributed by atoms with Crippen molar-refractivity contribution >= 4 is 21.6 Å². The molecular formula is C17H18F2N2O3S. The van der Waals surface area contributed by atoms with E-state index in [1.807, 2.05) is 30.3 Å².